The molecule has 0 fully saturated rings. The molecule has 0 radical (unpaired) electrons. The summed E-state index contributed by atoms with van der Waals surface area (Å²) in [6, 6.07) is 7.73. The van der Waals surface area contributed by atoms with Crippen LogP contribution >= 0.6 is 11.8 Å². The molecule has 3 N–H and O–H groups in total. The lowest BCUT2D eigenvalue weighted by Gasteiger charge is -2.06. The first kappa shape index (κ1) is 12.1. The molecule has 0 amide bonds. The Balaban J connectivity index is 2.56. The summed E-state index contributed by atoms with van der Waals surface area (Å²) in [5.41, 5.74) is 6.31. The Morgan fingerprint density at radius 3 is 2.87 bits per heavy atom. The molecule has 1 aromatic carbocycles. The van der Waals surface area contributed by atoms with Crippen LogP contribution in [0.1, 0.15) is 12.0 Å². The van der Waals surface area contributed by atoms with Gasteiger partial charge in [-0.3, -0.25) is 5.41 Å². The number of rotatable bonds is 6. The van der Waals surface area contributed by atoms with E-state index in [-0.39, 0.29) is 5.84 Å². The van der Waals surface area contributed by atoms with E-state index < -0.39 is 0 Å². The number of hydrogen-bond acceptors (Lipinski definition) is 3. The number of ether oxygens (including phenoxy) is 1. The molecule has 4 heteroatoms. The van der Waals surface area contributed by atoms with Crippen molar-refractivity contribution in [3.8, 4) is 0 Å². The molecule has 0 aliphatic carbocycles. The number of nitrogens with one attached hydrogen (secondary N) is 1. The molecule has 0 heterocycles. The van der Waals surface area contributed by atoms with Crippen LogP contribution in [0.3, 0.4) is 0 Å². The average molecular weight is 224 g/mol. The number of nitrogen functional groups attached to an aromatic ring is 1. The SMILES string of the molecule is COCCCSc1ccccc1C(=N)N. The van der Waals surface area contributed by atoms with Gasteiger partial charge in [0.1, 0.15) is 5.84 Å². The molecule has 3 nitrogen and oxygen atoms in total. The molecule has 0 atom stereocenters. The number of thioether (sulfide) groups is 1. The molecule has 0 unspecified atom stereocenters. The van der Waals surface area contributed by atoms with Crippen LogP contribution in [0, 0.1) is 5.41 Å². The topological polar surface area (TPSA) is 59.1 Å². The number of nitrogens with two attached hydrogens (primary N) is 1. The highest BCUT2D eigenvalue weighted by molar-refractivity contribution is 7.99. The molecule has 0 saturated carbocycles. The third-order valence-corrected chi connectivity index (χ3v) is 3.09. The van der Waals surface area contributed by atoms with Gasteiger partial charge in [-0.15, -0.1) is 11.8 Å². The van der Waals surface area contributed by atoms with Crippen LogP contribution in [0.25, 0.3) is 0 Å². The van der Waals surface area contributed by atoms with Crippen LogP contribution in [0.2, 0.25) is 0 Å². The average Bonchev–Trinajstić information content (AvgIpc) is 2.25. The van der Waals surface area contributed by atoms with Crippen LogP contribution in [0.4, 0.5) is 0 Å². The van der Waals surface area contributed by atoms with Crippen LogP contribution in [-0.4, -0.2) is 25.3 Å². The molecule has 0 aliphatic heterocycles. The predicted molar refractivity (Wildman–Crippen MR) is 64.7 cm³/mol. The molecule has 1 aromatic rings. The third-order valence-electron chi connectivity index (χ3n) is 1.93. The standard InChI is InChI=1S/C11H16N2OS/c1-14-7-4-8-15-10-6-3-2-5-9(10)11(12)13/h2-3,5-6H,4,7-8H2,1H3,(H3,12,13). The van der Waals surface area contributed by atoms with Crippen molar-refractivity contribution in [3.05, 3.63) is 29.8 Å². The molecule has 0 bridgehead atoms. The zero-order valence-corrected chi connectivity index (χ0v) is 9.64. The van der Waals surface area contributed by atoms with Gasteiger partial charge in [0.2, 0.25) is 0 Å². The summed E-state index contributed by atoms with van der Waals surface area (Å²) in [6.45, 7) is 0.773. The van der Waals surface area contributed by atoms with E-state index in [0.717, 1.165) is 29.2 Å². The summed E-state index contributed by atoms with van der Waals surface area (Å²) in [5.74, 6) is 1.11. The summed E-state index contributed by atoms with van der Waals surface area (Å²) in [4.78, 5) is 1.07. The van der Waals surface area contributed by atoms with Crippen molar-refractivity contribution in [1.29, 1.82) is 5.41 Å². The Labute approximate surface area is 94.5 Å². The highest BCUT2D eigenvalue weighted by atomic mass is 32.2. The Hall–Kier alpha value is -1.00. The van der Waals surface area contributed by atoms with Crippen LogP contribution in [0.15, 0.2) is 29.2 Å². The lowest BCUT2D eigenvalue weighted by atomic mass is 10.2. The Morgan fingerprint density at radius 1 is 1.47 bits per heavy atom. The van der Waals surface area contributed by atoms with Crippen molar-refractivity contribution in [1.82, 2.24) is 0 Å². The zero-order chi connectivity index (χ0) is 11.1. The zero-order valence-electron chi connectivity index (χ0n) is 8.82. The summed E-state index contributed by atoms with van der Waals surface area (Å²) in [6.07, 6.45) is 1.01. The van der Waals surface area contributed by atoms with Crippen molar-refractivity contribution in [2.24, 2.45) is 5.73 Å². The largest absolute Gasteiger partial charge is 0.385 e. The van der Waals surface area contributed by atoms with Gasteiger partial charge in [0.25, 0.3) is 0 Å². The van der Waals surface area contributed by atoms with Gasteiger partial charge < -0.3 is 10.5 Å². The highest BCUT2D eigenvalue weighted by Gasteiger charge is 2.03. The maximum atomic E-state index is 7.43. The summed E-state index contributed by atoms with van der Waals surface area (Å²) in [5, 5.41) is 7.43. The monoisotopic (exact) mass is 224 g/mol. The van der Waals surface area contributed by atoms with E-state index in [4.69, 9.17) is 15.9 Å². The van der Waals surface area contributed by atoms with Crippen molar-refractivity contribution >= 4 is 17.6 Å². The van der Waals surface area contributed by atoms with E-state index in [0.29, 0.717) is 0 Å². The van der Waals surface area contributed by atoms with Gasteiger partial charge in [-0.25, -0.2) is 0 Å². The number of methoxy groups -OCH3 is 1. The second-order valence-corrected chi connectivity index (χ2v) is 4.24. The van der Waals surface area contributed by atoms with Crippen LogP contribution in [0.5, 0.6) is 0 Å². The predicted octanol–water partition coefficient (Wildman–Crippen LogP) is 2.10. The third kappa shape index (κ3) is 3.93. The minimum atomic E-state index is 0.129. The lowest BCUT2D eigenvalue weighted by molar-refractivity contribution is 0.200. The smallest absolute Gasteiger partial charge is 0.123 e. The minimum absolute atomic E-state index is 0.129. The second kappa shape index (κ2) is 6.48. The normalized spacial score (nSPS) is 10.2. The molecule has 0 spiro atoms. The molecule has 15 heavy (non-hydrogen) atoms. The van der Waals surface area contributed by atoms with E-state index in [1.54, 1.807) is 18.9 Å². The molecular formula is C11H16N2OS. The minimum Gasteiger partial charge on any atom is -0.385 e. The molecule has 0 aliphatic rings. The number of amidine groups is 1. The van der Waals surface area contributed by atoms with Gasteiger partial charge in [0.05, 0.1) is 0 Å². The van der Waals surface area contributed by atoms with Crippen molar-refractivity contribution < 1.29 is 4.74 Å². The van der Waals surface area contributed by atoms with Gasteiger partial charge in [-0.05, 0) is 12.5 Å². The van der Waals surface area contributed by atoms with E-state index in [1.807, 2.05) is 24.3 Å². The lowest BCUT2D eigenvalue weighted by Crippen LogP contribution is -2.12. The fourth-order valence-electron chi connectivity index (χ4n) is 1.20. The highest BCUT2D eigenvalue weighted by Crippen LogP contribution is 2.22. The second-order valence-electron chi connectivity index (χ2n) is 3.10. The molecule has 82 valence electrons. The van der Waals surface area contributed by atoms with E-state index in [2.05, 4.69) is 0 Å². The van der Waals surface area contributed by atoms with E-state index in [9.17, 15) is 0 Å². The first-order valence-electron chi connectivity index (χ1n) is 4.81. The van der Waals surface area contributed by atoms with Crippen LogP contribution in [-0.2, 0) is 4.74 Å². The van der Waals surface area contributed by atoms with E-state index >= 15 is 0 Å². The summed E-state index contributed by atoms with van der Waals surface area (Å²) < 4.78 is 4.98. The fraction of sp³-hybridized carbons (Fsp3) is 0.364. The van der Waals surface area contributed by atoms with E-state index in [1.165, 1.54) is 0 Å². The number of benzene rings is 1. The summed E-state index contributed by atoms with van der Waals surface area (Å²) >= 11 is 1.71. The van der Waals surface area contributed by atoms with Gasteiger partial charge >= 0.3 is 0 Å². The molecule has 0 saturated heterocycles. The van der Waals surface area contributed by atoms with Crippen molar-refractivity contribution in [2.75, 3.05) is 19.5 Å². The number of hydrogen-bond donors (Lipinski definition) is 2. The van der Waals surface area contributed by atoms with Gasteiger partial charge in [0, 0.05) is 29.9 Å². The first-order valence-corrected chi connectivity index (χ1v) is 5.79. The Bertz CT molecular complexity index is 328. The molecule has 0 aromatic heterocycles. The quantitative estimate of drug-likeness (QED) is 0.337. The van der Waals surface area contributed by atoms with Crippen LogP contribution < -0.4 is 5.73 Å². The van der Waals surface area contributed by atoms with Crippen molar-refractivity contribution in [2.45, 2.75) is 11.3 Å². The van der Waals surface area contributed by atoms with Crippen molar-refractivity contribution in [3.63, 3.8) is 0 Å². The van der Waals surface area contributed by atoms with Gasteiger partial charge in [-0.2, -0.15) is 0 Å². The van der Waals surface area contributed by atoms with Gasteiger partial charge in [0.15, 0.2) is 0 Å². The Morgan fingerprint density at radius 2 is 2.20 bits per heavy atom. The summed E-state index contributed by atoms with van der Waals surface area (Å²) in [7, 11) is 1.70. The molecular weight excluding hydrogens is 208 g/mol. The van der Waals surface area contributed by atoms with Gasteiger partial charge in [-0.1, -0.05) is 18.2 Å². The fourth-order valence-corrected chi connectivity index (χ4v) is 2.19. The Kier molecular flexibility index (Phi) is 5.21. The maximum absolute atomic E-state index is 7.43. The first-order chi connectivity index (χ1) is 7.25. The molecule has 1 rings (SSSR count). The maximum Gasteiger partial charge on any atom is 0.123 e.